The van der Waals surface area contributed by atoms with Crippen molar-refractivity contribution >= 4 is 40.7 Å². The summed E-state index contributed by atoms with van der Waals surface area (Å²) in [4.78, 5) is 6.94. The fourth-order valence-corrected chi connectivity index (χ4v) is 4.62. The number of nitrogens with one attached hydrogen (secondary N) is 2. The van der Waals surface area contributed by atoms with E-state index >= 15 is 0 Å². The van der Waals surface area contributed by atoms with Gasteiger partial charge in [-0.15, -0.1) is 24.0 Å². The van der Waals surface area contributed by atoms with Crippen LogP contribution in [0.15, 0.2) is 35.3 Å². The van der Waals surface area contributed by atoms with Gasteiger partial charge in [0.25, 0.3) is 0 Å². The molecule has 1 aromatic carbocycles. The van der Waals surface area contributed by atoms with Gasteiger partial charge in [0.1, 0.15) is 0 Å². The first-order valence-electron chi connectivity index (χ1n) is 9.27. The average molecular weight is 490 g/mol. The molecule has 5 nitrogen and oxygen atoms in total. The second-order valence-electron chi connectivity index (χ2n) is 7.13. The smallest absolute Gasteiger partial charge is 0.191 e. The summed E-state index contributed by atoms with van der Waals surface area (Å²) in [6.07, 6.45) is 3.88. The average Bonchev–Trinajstić information content (AvgIpc) is 3.38. The first-order chi connectivity index (χ1) is 12.2. The van der Waals surface area contributed by atoms with Crippen LogP contribution in [0.5, 0.6) is 0 Å². The van der Waals surface area contributed by atoms with Gasteiger partial charge < -0.3 is 10.6 Å². The second-order valence-corrected chi connectivity index (χ2v) is 8.70. The van der Waals surface area contributed by atoms with E-state index in [0.29, 0.717) is 30.1 Å². The highest BCUT2D eigenvalue weighted by atomic mass is 127. The maximum Gasteiger partial charge on any atom is 0.191 e. The molecule has 1 saturated carbocycles. The summed E-state index contributed by atoms with van der Waals surface area (Å²) in [5, 5.41) is 6.85. The van der Waals surface area contributed by atoms with Crippen LogP contribution in [0.2, 0.25) is 0 Å². The largest absolute Gasteiger partial charge is 0.355 e. The van der Waals surface area contributed by atoms with E-state index in [9.17, 15) is 4.21 Å². The lowest BCUT2D eigenvalue weighted by atomic mass is 10.2. The van der Waals surface area contributed by atoms with Crippen molar-refractivity contribution in [2.24, 2.45) is 4.99 Å². The zero-order valence-corrected chi connectivity index (χ0v) is 18.8. The van der Waals surface area contributed by atoms with Gasteiger partial charge in [-0.05, 0) is 31.7 Å². The number of aliphatic imine (C=N–C) groups is 1. The minimum Gasteiger partial charge on any atom is -0.355 e. The third-order valence-corrected chi connectivity index (χ3v) is 6.31. The number of benzene rings is 1. The molecule has 1 saturated heterocycles. The number of likely N-dealkylation sites (tertiary alicyclic amines) is 1. The molecule has 2 aliphatic rings. The fourth-order valence-electron chi connectivity index (χ4n) is 3.58. The summed E-state index contributed by atoms with van der Waals surface area (Å²) in [5.41, 5.74) is 1.13. The number of nitrogens with zero attached hydrogens (tertiary/aromatic N) is 2. The van der Waals surface area contributed by atoms with Crippen LogP contribution in [0.1, 0.15) is 31.7 Å². The first-order valence-corrected chi connectivity index (χ1v) is 10.8. The monoisotopic (exact) mass is 490 g/mol. The van der Waals surface area contributed by atoms with Crippen LogP contribution >= 0.6 is 24.0 Å². The molecule has 0 aromatic heterocycles. The predicted octanol–water partition coefficient (Wildman–Crippen LogP) is 2.34. The maximum atomic E-state index is 12.2. The SMILES string of the molecule is CN=C(NCCS(=O)Cc1ccccc1)NC1CC(C)N(C2CC2)C1.I. The normalized spacial score (nSPS) is 24.8. The molecular weight excluding hydrogens is 459 g/mol. The lowest BCUT2D eigenvalue weighted by Gasteiger charge is -2.20. The minimum absolute atomic E-state index is 0. The Kier molecular flexibility index (Phi) is 8.83. The topological polar surface area (TPSA) is 56.7 Å². The third-order valence-electron chi connectivity index (χ3n) is 5.00. The molecule has 3 atom stereocenters. The molecule has 1 heterocycles. The number of halogens is 1. The van der Waals surface area contributed by atoms with Crippen LogP contribution in [0.25, 0.3) is 0 Å². The van der Waals surface area contributed by atoms with Gasteiger partial charge in [-0.25, -0.2) is 0 Å². The van der Waals surface area contributed by atoms with Gasteiger partial charge in [0.15, 0.2) is 5.96 Å². The third kappa shape index (κ3) is 6.49. The molecule has 0 spiro atoms. The maximum absolute atomic E-state index is 12.2. The fraction of sp³-hybridized carbons (Fsp3) is 0.632. The molecule has 2 fully saturated rings. The highest BCUT2D eigenvalue weighted by molar-refractivity contribution is 14.0. The van der Waals surface area contributed by atoms with Crippen molar-refractivity contribution in [1.29, 1.82) is 0 Å². The molecule has 26 heavy (non-hydrogen) atoms. The molecule has 2 N–H and O–H groups in total. The quantitative estimate of drug-likeness (QED) is 0.350. The Morgan fingerprint density at radius 3 is 2.69 bits per heavy atom. The van der Waals surface area contributed by atoms with Crippen LogP contribution in [0.3, 0.4) is 0 Å². The Bertz CT molecular complexity index is 609. The van der Waals surface area contributed by atoms with Crippen LogP contribution in [0, 0.1) is 0 Å². The Hall–Kier alpha value is -0.670. The van der Waals surface area contributed by atoms with Gasteiger partial charge in [-0.1, -0.05) is 30.3 Å². The molecule has 1 aromatic rings. The summed E-state index contributed by atoms with van der Waals surface area (Å²) < 4.78 is 12.2. The lowest BCUT2D eigenvalue weighted by Crippen LogP contribution is -2.45. The molecule has 3 rings (SSSR count). The van der Waals surface area contributed by atoms with Crippen molar-refractivity contribution in [3.05, 3.63) is 35.9 Å². The van der Waals surface area contributed by atoms with E-state index in [4.69, 9.17) is 0 Å². The van der Waals surface area contributed by atoms with Gasteiger partial charge in [0, 0.05) is 60.6 Å². The van der Waals surface area contributed by atoms with Gasteiger partial charge in [0.05, 0.1) is 0 Å². The molecule has 3 unspecified atom stereocenters. The first kappa shape index (κ1) is 21.6. The number of guanidine groups is 1. The Balaban J connectivity index is 0.00000243. The van der Waals surface area contributed by atoms with Crippen LogP contribution < -0.4 is 10.6 Å². The predicted molar refractivity (Wildman–Crippen MR) is 121 cm³/mol. The van der Waals surface area contributed by atoms with Crippen LogP contribution in [-0.4, -0.2) is 59.1 Å². The van der Waals surface area contributed by atoms with Crippen molar-refractivity contribution in [3.8, 4) is 0 Å². The van der Waals surface area contributed by atoms with Gasteiger partial charge in [-0.3, -0.25) is 14.1 Å². The van der Waals surface area contributed by atoms with E-state index < -0.39 is 10.8 Å². The molecule has 0 bridgehead atoms. The van der Waals surface area contributed by atoms with Crippen molar-refractivity contribution in [2.45, 2.75) is 50.1 Å². The summed E-state index contributed by atoms with van der Waals surface area (Å²) >= 11 is 0. The summed E-state index contributed by atoms with van der Waals surface area (Å²) in [6, 6.07) is 11.9. The lowest BCUT2D eigenvalue weighted by molar-refractivity contribution is 0.256. The van der Waals surface area contributed by atoms with Crippen molar-refractivity contribution in [2.75, 3.05) is 25.9 Å². The zero-order valence-electron chi connectivity index (χ0n) is 15.7. The molecule has 0 amide bonds. The van der Waals surface area contributed by atoms with E-state index in [1.54, 1.807) is 7.05 Å². The van der Waals surface area contributed by atoms with Gasteiger partial charge in [0.2, 0.25) is 0 Å². The summed E-state index contributed by atoms with van der Waals surface area (Å²) in [7, 11) is 0.943. The molecule has 0 radical (unpaired) electrons. The number of hydrogen-bond acceptors (Lipinski definition) is 3. The van der Waals surface area contributed by atoms with Crippen molar-refractivity contribution in [1.82, 2.24) is 15.5 Å². The summed E-state index contributed by atoms with van der Waals surface area (Å²) in [6.45, 7) is 4.10. The molecule has 146 valence electrons. The van der Waals surface area contributed by atoms with E-state index in [1.165, 1.54) is 12.8 Å². The molecular formula is C19H31IN4OS. The Labute approximate surface area is 176 Å². The van der Waals surface area contributed by atoms with Gasteiger partial charge in [-0.2, -0.15) is 0 Å². The highest BCUT2D eigenvalue weighted by Gasteiger charge is 2.38. The second kappa shape index (κ2) is 10.6. The summed E-state index contributed by atoms with van der Waals surface area (Å²) in [5.74, 6) is 2.07. The Morgan fingerprint density at radius 1 is 1.31 bits per heavy atom. The van der Waals surface area contributed by atoms with E-state index in [1.807, 2.05) is 30.3 Å². The van der Waals surface area contributed by atoms with E-state index in [0.717, 1.165) is 30.5 Å². The van der Waals surface area contributed by atoms with Crippen LogP contribution in [-0.2, 0) is 16.6 Å². The minimum atomic E-state index is -0.856. The molecule has 1 aliphatic carbocycles. The zero-order chi connectivity index (χ0) is 17.6. The van der Waals surface area contributed by atoms with Crippen molar-refractivity contribution < 1.29 is 4.21 Å². The number of rotatable bonds is 7. The van der Waals surface area contributed by atoms with E-state index in [-0.39, 0.29) is 24.0 Å². The standard InChI is InChI=1S/C19H30N4OS.HI/c1-15-12-17(13-23(15)18-8-9-18)22-19(20-2)21-10-11-25(24)14-16-6-4-3-5-7-16;/h3-7,15,17-18H,8-14H2,1-2H3,(H2,20,21,22);1H. The van der Waals surface area contributed by atoms with Crippen LogP contribution in [0.4, 0.5) is 0 Å². The Morgan fingerprint density at radius 2 is 2.04 bits per heavy atom. The van der Waals surface area contributed by atoms with Gasteiger partial charge >= 0.3 is 0 Å². The molecule has 1 aliphatic heterocycles. The van der Waals surface area contributed by atoms with Crippen molar-refractivity contribution in [3.63, 3.8) is 0 Å². The highest BCUT2D eigenvalue weighted by Crippen LogP contribution is 2.33. The number of hydrogen-bond donors (Lipinski definition) is 2. The van der Waals surface area contributed by atoms with E-state index in [2.05, 4.69) is 27.4 Å². The molecule has 7 heteroatoms.